The summed E-state index contributed by atoms with van der Waals surface area (Å²) in [6, 6.07) is 18.0. The Morgan fingerprint density at radius 1 is 1.27 bits per heavy atom. The van der Waals surface area contributed by atoms with Crippen molar-refractivity contribution in [2.75, 3.05) is 6.54 Å². The number of fused-ring (bicyclic) bond motifs is 1. The minimum atomic E-state index is -0.781. The summed E-state index contributed by atoms with van der Waals surface area (Å²) in [5, 5.41) is 22.5. The second-order valence-corrected chi connectivity index (χ2v) is 7.56. The molecule has 0 amide bonds. The van der Waals surface area contributed by atoms with E-state index in [0.29, 0.717) is 18.7 Å². The highest BCUT2D eigenvalue weighted by molar-refractivity contribution is 8.01. The fourth-order valence-corrected chi connectivity index (χ4v) is 4.53. The Hall–Kier alpha value is -2.75. The summed E-state index contributed by atoms with van der Waals surface area (Å²) in [6.07, 6.45) is 2.08. The molecule has 2 aromatic carbocycles. The first-order chi connectivity index (χ1) is 12.7. The summed E-state index contributed by atoms with van der Waals surface area (Å²) in [5.74, 6) is -0.781. The Kier molecular flexibility index (Phi) is 4.41. The topological polar surface area (TPSA) is 78.0 Å². The van der Waals surface area contributed by atoms with Gasteiger partial charge in [0.05, 0.1) is 17.0 Å². The standard InChI is InChI=1S/C20H17N3O2S/c21-9-13-5-1-2-6-14(13)11-23-12-16(15-7-3-4-8-17(15)23)19-22-10-18(26-19)20(24)25/h1-8,12,18-19,22H,10-11H2,(H,24,25)/t18-,19+/m1/s1. The number of para-hydroxylation sites is 1. The van der Waals surface area contributed by atoms with Crippen molar-refractivity contribution in [3.63, 3.8) is 0 Å². The van der Waals surface area contributed by atoms with Gasteiger partial charge in [-0.25, -0.2) is 0 Å². The van der Waals surface area contributed by atoms with Crippen molar-refractivity contribution < 1.29 is 9.90 Å². The summed E-state index contributed by atoms with van der Waals surface area (Å²) >= 11 is 1.44. The van der Waals surface area contributed by atoms with Gasteiger partial charge in [0.25, 0.3) is 0 Å². The molecule has 1 aromatic heterocycles. The van der Waals surface area contributed by atoms with E-state index in [-0.39, 0.29) is 5.37 Å². The van der Waals surface area contributed by atoms with Crippen LogP contribution in [0.2, 0.25) is 0 Å². The molecule has 4 rings (SSSR count). The summed E-state index contributed by atoms with van der Waals surface area (Å²) in [5.41, 5.74) is 3.81. The van der Waals surface area contributed by atoms with Crippen molar-refractivity contribution in [3.05, 3.63) is 71.4 Å². The fourth-order valence-electron chi connectivity index (χ4n) is 3.37. The number of nitrogens with zero attached hydrogens (tertiary/aromatic N) is 2. The molecule has 130 valence electrons. The van der Waals surface area contributed by atoms with Crippen LogP contribution in [0.4, 0.5) is 0 Å². The molecule has 1 fully saturated rings. The zero-order chi connectivity index (χ0) is 18.1. The van der Waals surface area contributed by atoms with Crippen molar-refractivity contribution in [3.8, 4) is 6.07 Å². The van der Waals surface area contributed by atoms with E-state index in [4.69, 9.17) is 0 Å². The lowest BCUT2D eigenvalue weighted by molar-refractivity contribution is -0.136. The summed E-state index contributed by atoms with van der Waals surface area (Å²) in [6.45, 7) is 1.06. The average Bonchev–Trinajstić information content (AvgIpc) is 3.28. The van der Waals surface area contributed by atoms with Crippen LogP contribution in [0, 0.1) is 11.3 Å². The van der Waals surface area contributed by atoms with Gasteiger partial charge in [0.1, 0.15) is 5.25 Å². The molecular formula is C20H17N3O2S. The Labute approximate surface area is 155 Å². The first kappa shape index (κ1) is 16.7. The number of hydrogen-bond donors (Lipinski definition) is 2. The van der Waals surface area contributed by atoms with Gasteiger partial charge in [0.2, 0.25) is 0 Å². The molecule has 0 spiro atoms. The normalized spacial score (nSPS) is 19.5. The molecule has 2 atom stereocenters. The molecule has 1 aliphatic rings. The lowest BCUT2D eigenvalue weighted by atomic mass is 10.1. The van der Waals surface area contributed by atoms with Crippen LogP contribution in [-0.2, 0) is 11.3 Å². The molecule has 2 heterocycles. The number of aliphatic carboxylic acids is 1. The van der Waals surface area contributed by atoms with Crippen molar-refractivity contribution >= 4 is 28.6 Å². The maximum atomic E-state index is 11.3. The van der Waals surface area contributed by atoms with Crippen LogP contribution in [0.25, 0.3) is 10.9 Å². The van der Waals surface area contributed by atoms with Crippen LogP contribution in [0.15, 0.2) is 54.7 Å². The molecular weight excluding hydrogens is 346 g/mol. The molecule has 0 unspecified atom stereocenters. The number of nitrogens with one attached hydrogen (secondary N) is 1. The van der Waals surface area contributed by atoms with Gasteiger partial charge in [-0.15, -0.1) is 11.8 Å². The third-order valence-electron chi connectivity index (χ3n) is 4.64. The van der Waals surface area contributed by atoms with E-state index in [0.717, 1.165) is 22.0 Å². The van der Waals surface area contributed by atoms with Crippen LogP contribution in [0.1, 0.15) is 22.1 Å². The van der Waals surface area contributed by atoms with Crippen LogP contribution >= 0.6 is 11.8 Å². The minimum absolute atomic E-state index is 0.0477. The van der Waals surface area contributed by atoms with Gasteiger partial charge in [-0.05, 0) is 17.7 Å². The first-order valence-corrected chi connectivity index (χ1v) is 9.29. The molecule has 0 radical (unpaired) electrons. The first-order valence-electron chi connectivity index (χ1n) is 8.35. The van der Waals surface area contributed by atoms with E-state index in [1.165, 1.54) is 11.8 Å². The van der Waals surface area contributed by atoms with Crippen molar-refractivity contribution in [2.45, 2.75) is 17.2 Å². The Morgan fingerprint density at radius 3 is 2.81 bits per heavy atom. The summed E-state index contributed by atoms with van der Waals surface area (Å²) in [4.78, 5) is 11.3. The smallest absolute Gasteiger partial charge is 0.318 e. The van der Waals surface area contributed by atoms with Gasteiger partial charge >= 0.3 is 5.97 Å². The van der Waals surface area contributed by atoms with Crippen molar-refractivity contribution in [1.82, 2.24) is 9.88 Å². The number of carboxylic acids is 1. The predicted molar refractivity (Wildman–Crippen MR) is 102 cm³/mol. The predicted octanol–water partition coefficient (Wildman–Crippen LogP) is 3.35. The number of nitriles is 1. The zero-order valence-corrected chi connectivity index (χ0v) is 14.7. The molecule has 5 nitrogen and oxygen atoms in total. The highest BCUT2D eigenvalue weighted by Crippen LogP contribution is 2.39. The zero-order valence-electron chi connectivity index (χ0n) is 13.9. The molecule has 3 aromatic rings. The Balaban J connectivity index is 1.73. The highest BCUT2D eigenvalue weighted by atomic mass is 32.2. The lowest BCUT2D eigenvalue weighted by Gasteiger charge is -2.08. The highest BCUT2D eigenvalue weighted by Gasteiger charge is 2.32. The molecule has 26 heavy (non-hydrogen) atoms. The molecule has 1 aliphatic heterocycles. The van der Waals surface area contributed by atoms with E-state index < -0.39 is 11.2 Å². The molecule has 6 heteroatoms. The average molecular weight is 363 g/mol. The summed E-state index contributed by atoms with van der Waals surface area (Å²) < 4.78 is 2.14. The molecule has 0 aliphatic carbocycles. The second kappa shape index (κ2) is 6.87. The molecule has 0 saturated carbocycles. The number of hydrogen-bond acceptors (Lipinski definition) is 4. The second-order valence-electron chi connectivity index (χ2n) is 6.25. The third-order valence-corrected chi connectivity index (χ3v) is 6.03. The van der Waals surface area contributed by atoms with E-state index in [9.17, 15) is 15.2 Å². The largest absolute Gasteiger partial charge is 0.480 e. The molecule has 2 N–H and O–H groups in total. The maximum Gasteiger partial charge on any atom is 0.318 e. The monoisotopic (exact) mass is 363 g/mol. The lowest BCUT2D eigenvalue weighted by Crippen LogP contribution is -2.21. The number of thioether (sulfide) groups is 1. The Bertz CT molecular complexity index is 1020. The number of benzene rings is 2. The van der Waals surface area contributed by atoms with Crippen LogP contribution in [0.5, 0.6) is 0 Å². The maximum absolute atomic E-state index is 11.3. The van der Waals surface area contributed by atoms with Crippen molar-refractivity contribution in [2.24, 2.45) is 0 Å². The van der Waals surface area contributed by atoms with E-state index in [1.807, 2.05) is 36.4 Å². The molecule has 1 saturated heterocycles. The fraction of sp³-hybridized carbons (Fsp3) is 0.200. The van der Waals surface area contributed by atoms with Crippen molar-refractivity contribution in [1.29, 1.82) is 5.26 Å². The van der Waals surface area contributed by atoms with Gasteiger partial charge in [-0.3, -0.25) is 10.1 Å². The van der Waals surface area contributed by atoms with Gasteiger partial charge in [0.15, 0.2) is 0 Å². The van der Waals surface area contributed by atoms with Crippen LogP contribution < -0.4 is 5.32 Å². The van der Waals surface area contributed by atoms with Gasteiger partial charge in [-0.2, -0.15) is 5.26 Å². The van der Waals surface area contributed by atoms with E-state index in [2.05, 4.69) is 34.3 Å². The van der Waals surface area contributed by atoms with Crippen LogP contribution in [0.3, 0.4) is 0 Å². The number of rotatable bonds is 4. The molecule has 0 bridgehead atoms. The van der Waals surface area contributed by atoms with Crippen LogP contribution in [-0.4, -0.2) is 27.4 Å². The number of aromatic nitrogens is 1. The third kappa shape index (κ3) is 2.96. The van der Waals surface area contributed by atoms with E-state index in [1.54, 1.807) is 0 Å². The Morgan fingerprint density at radius 2 is 2.04 bits per heavy atom. The minimum Gasteiger partial charge on any atom is -0.480 e. The van der Waals surface area contributed by atoms with Gasteiger partial charge < -0.3 is 9.67 Å². The van der Waals surface area contributed by atoms with Gasteiger partial charge in [-0.1, -0.05) is 36.4 Å². The summed E-state index contributed by atoms with van der Waals surface area (Å²) in [7, 11) is 0. The van der Waals surface area contributed by atoms with E-state index >= 15 is 0 Å². The SMILES string of the molecule is N#Cc1ccccc1Cn1cc([C@H]2NC[C@H](C(=O)O)S2)c2ccccc21. The number of carbonyl (C=O) groups is 1. The quantitative estimate of drug-likeness (QED) is 0.743. The number of carboxylic acid groups (broad SMARTS) is 1. The van der Waals surface area contributed by atoms with Gasteiger partial charge in [0, 0.05) is 35.8 Å².